The molecule has 6 nitrogen and oxygen atoms in total. The summed E-state index contributed by atoms with van der Waals surface area (Å²) < 4.78 is 0. The Kier molecular flexibility index (Phi) is 2.96. The lowest BCUT2D eigenvalue weighted by Crippen LogP contribution is -2.07. The molecular weight excluding hydrogens is 254 g/mol. The first-order valence-electron chi connectivity index (χ1n) is 5.98. The number of hydrogen-bond acceptors (Lipinski definition) is 5. The van der Waals surface area contributed by atoms with Crippen LogP contribution in [0.4, 0.5) is 5.95 Å². The lowest BCUT2D eigenvalue weighted by Gasteiger charge is -2.08. The zero-order chi connectivity index (χ0) is 13.9. The molecule has 0 fully saturated rings. The van der Waals surface area contributed by atoms with Gasteiger partial charge < -0.3 is 5.73 Å². The molecule has 0 atom stereocenters. The number of benzene rings is 1. The normalized spacial score (nSPS) is 10.4. The fraction of sp³-hybridized carbons (Fsp3) is 0. The number of nitrogens with one attached hydrogen (secondary N) is 1. The van der Waals surface area contributed by atoms with E-state index in [0.29, 0.717) is 17.0 Å². The van der Waals surface area contributed by atoms with Gasteiger partial charge in [-0.2, -0.15) is 5.10 Å². The maximum Gasteiger partial charge on any atom is 0.264 e. The van der Waals surface area contributed by atoms with Gasteiger partial charge in [0.15, 0.2) is 0 Å². The monoisotopic (exact) mass is 265 g/mol. The highest BCUT2D eigenvalue weighted by atomic mass is 16.1. The fourth-order valence-corrected chi connectivity index (χ4v) is 1.89. The van der Waals surface area contributed by atoms with E-state index in [9.17, 15) is 4.79 Å². The molecule has 0 spiro atoms. The van der Waals surface area contributed by atoms with E-state index in [0.717, 1.165) is 5.56 Å². The molecule has 3 aromatic rings. The summed E-state index contributed by atoms with van der Waals surface area (Å²) in [6.07, 6.45) is 1.60. The fourth-order valence-electron chi connectivity index (χ4n) is 1.89. The third kappa shape index (κ3) is 2.26. The topological polar surface area (TPSA) is 97.5 Å². The summed E-state index contributed by atoms with van der Waals surface area (Å²) in [6, 6.07) is 12.6. The Labute approximate surface area is 114 Å². The lowest BCUT2D eigenvalue weighted by molar-refractivity contribution is 0.992. The van der Waals surface area contributed by atoms with Crippen LogP contribution in [0.2, 0.25) is 0 Å². The van der Waals surface area contributed by atoms with E-state index in [1.165, 1.54) is 6.07 Å². The van der Waals surface area contributed by atoms with Gasteiger partial charge in [0, 0.05) is 23.4 Å². The van der Waals surface area contributed by atoms with E-state index in [4.69, 9.17) is 5.73 Å². The molecule has 0 radical (unpaired) electrons. The Morgan fingerprint density at radius 2 is 1.85 bits per heavy atom. The van der Waals surface area contributed by atoms with Crippen molar-refractivity contribution in [3.05, 3.63) is 59.0 Å². The SMILES string of the molecule is Nc1ncc(-c2ccc(=O)[nH]n2)c(-c2ccccc2)n1. The van der Waals surface area contributed by atoms with E-state index in [1.54, 1.807) is 12.3 Å². The molecule has 98 valence electrons. The van der Waals surface area contributed by atoms with Crippen molar-refractivity contribution >= 4 is 5.95 Å². The van der Waals surface area contributed by atoms with Crippen molar-refractivity contribution in [1.82, 2.24) is 20.2 Å². The summed E-state index contributed by atoms with van der Waals surface area (Å²) in [5.74, 6) is 0.192. The second-order valence-corrected chi connectivity index (χ2v) is 4.16. The molecule has 1 aromatic carbocycles. The van der Waals surface area contributed by atoms with Crippen molar-refractivity contribution in [1.29, 1.82) is 0 Å². The second kappa shape index (κ2) is 4.93. The number of anilines is 1. The molecule has 0 aliphatic heterocycles. The zero-order valence-electron chi connectivity index (χ0n) is 10.4. The van der Waals surface area contributed by atoms with Gasteiger partial charge >= 0.3 is 0 Å². The van der Waals surface area contributed by atoms with Crippen molar-refractivity contribution in [2.75, 3.05) is 5.73 Å². The van der Waals surface area contributed by atoms with Crippen LogP contribution in [0.1, 0.15) is 0 Å². The van der Waals surface area contributed by atoms with Crippen LogP contribution >= 0.6 is 0 Å². The molecular formula is C14H11N5O. The van der Waals surface area contributed by atoms with Crippen molar-refractivity contribution in [3.8, 4) is 22.5 Å². The summed E-state index contributed by atoms with van der Waals surface area (Å²) in [4.78, 5) is 19.4. The third-order valence-corrected chi connectivity index (χ3v) is 2.81. The van der Waals surface area contributed by atoms with Gasteiger partial charge in [0.05, 0.1) is 11.4 Å². The average molecular weight is 265 g/mol. The quantitative estimate of drug-likeness (QED) is 0.731. The molecule has 0 bridgehead atoms. The van der Waals surface area contributed by atoms with Crippen molar-refractivity contribution < 1.29 is 0 Å². The van der Waals surface area contributed by atoms with Gasteiger partial charge in [-0.1, -0.05) is 30.3 Å². The molecule has 2 aromatic heterocycles. The lowest BCUT2D eigenvalue weighted by atomic mass is 10.0. The molecule has 0 amide bonds. The van der Waals surface area contributed by atoms with Gasteiger partial charge in [-0.25, -0.2) is 15.1 Å². The van der Waals surface area contributed by atoms with Gasteiger partial charge in [-0.05, 0) is 6.07 Å². The summed E-state index contributed by atoms with van der Waals surface area (Å²) in [5, 5.41) is 6.41. The van der Waals surface area contributed by atoms with Crippen LogP contribution in [0.15, 0.2) is 53.5 Å². The van der Waals surface area contributed by atoms with Gasteiger partial charge in [0.1, 0.15) is 0 Å². The predicted molar refractivity (Wildman–Crippen MR) is 75.7 cm³/mol. The molecule has 0 unspecified atom stereocenters. The molecule has 3 N–H and O–H groups in total. The minimum atomic E-state index is -0.258. The Hall–Kier alpha value is -3.02. The Bertz CT molecular complexity index is 778. The van der Waals surface area contributed by atoms with E-state index in [1.807, 2.05) is 30.3 Å². The standard InChI is InChI=1S/C14H11N5O/c15-14-16-8-10(11-6-7-12(20)19-18-11)13(17-14)9-4-2-1-3-5-9/h1-8H,(H,19,20)(H2,15,16,17). The summed E-state index contributed by atoms with van der Waals surface area (Å²) >= 11 is 0. The number of nitrogens with zero attached hydrogens (tertiary/aromatic N) is 3. The van der Waals surface area contributed by atoms with E-state index in [2.05, 4.69) is 20.2 Å². The first-order valence-corrected chi connectivity index (χ1v) is 5.98. The molecule has 20 heavy (non-hydrogen) atoms. The van der Waals surface area contributed by atoms with E-state index < -0.39 is 0 Å². The maximum atomic E-state index is 11.1. The number of aromatic nitrogens is 4. The van der Waals surface area contributed by atoms with E-state index in [-0.39, 0.29) is 11.5 Å². The van der Waals surface area contributed by atoms with Crippen LogP contribution in [-0.2, 0) is 0 Å². The Morgan fingerprint density at radius 3 is 2.55 bits per heavy atom. The van der Waals surface area contributed by atoms with Crippen LogP contribution in [0.25, 0.3) is 22.5 Å². The Balaban J connectivity index is 2.21. The van der Waals surface area contributed by atoms with Crippen LogP contribution in [0.5, 0.6) is 0 Å². The number of nitrogens with two attached hydrogens (primary N) is 1. The smallest absolute Gasteiger partial charge is 0.264 e. The molecule has 2 heterocycles. The van der Waals surface area contributed by atoms with Gasteiger partial charge in [-0.3, -0.25) is 4.79 Å². The number of aromatic amines is 1. The van der Waals surface area contributed by atoms with Crippen LogP contribution in [-0.4, -0.2) is 20.2 Å². The summed E-state index contributed by atoms with van der Waals surface area (Å²) in [5.41, 5.74) is 8.29. The number of rotatable bonds is 2. The van der Waals surface area contributed by atoms with E-state index >= 15 is 0 Å². The highest BCUT2D eigenvalue weighted by molar-refractivity contribution is 5.78. The van der Waals surface area contributed by atoms with Crippen molar-refractivity contribution in [2.24, 2.45) is 0 Å². The summed E-state index contributed by atoms with van der Waals surface area (Å²) in [6.45, 7) is 0. The maximum absolute atomic E-state index is 11.1. The highest BCUT2D eigenvalue weighted by Gasteiger charge is 2.11. The van der Waals surface area contributed by atoms with Crippen molar-refractivity contribution in [3.63, 3.8) is 0 Å². The molecule has 0 aliphatic carbocycles. The average Bonchev–Trinajstić information content (AvgIpc) is 2.49. The predicted octanol–water partition coefficient (Wildman–Crippen LogP) is 1.48. The van der Waals surface area contributed by atoms with Crippen LogP contribution in [0, 0.1) is 0 Å². The molecule has 0 saturated heterocycles. The highest BCUT2D eigenvalue weighted by Crippen LogP contribution is 2.28. The number of H-pyrrole nitrogens is 1. The minimum Gasteiger partial charge on any atom is -0.368 e. The minimum absolute atomic E-state index is 0.192. The van der Waals surface area contributed by atoms with Gasteiger partial charge in [-0.15, -0.1) is 0 Å². The third-order valence-electron chi connectivity index (χ3n) is 2.81. The van der Waals surface area contributed by atoms with Gasteiger partial charge in [0.25, 0.3) is 5.56 Å². The van der Waals surface area contributed by atoms with Crippen molar-refractivity contribution in [2.45, 2.75) is 0 Å². The first-order chi connectivity index (χ1) is 9.74. The first kappa shape index (κ1) is 12.0. The molecule has 0 aliphatic rings. The second-order valence-electron chi connectivity index (χ2n) is 4.16. The molecule has 0 saturated carbocycles. The summed E-state index contributed by atoms with van der Waals surface area (Å²) in [7, 11) is 0. The van der Waals surface area contributed by atoms with Gasteiger partial charge in [0.2, 0.25) is 5.95 Å². The molecule has 6 heteroatoms. The van der Waals surface area contributed by atoms with Crippen LogP contribution < -0.4 is 11.3 Å². The largest absolute Gasteiger partial charge is 0.368 e. The number of hydrogen-bond donors (Lipinski definition) is 2. The van der Waals surface area contributed by atoms with Crippen LogP contribution in [0.3, 0.4) is 0 Å². The Morgan fingerprint density at radius 1 is 1.05 bits per heavy atom. The number of nitrogen functional groups attached to an aromatic ring is 1. The molecule has 3 rings (SSSR count). The zero-order valence-corrected chi connectivity index (χ0v) is 10.4.